The predicted molar refractivity (Wildman–Crippen MR) is 305 cm³/mol. The molecule has 0 saturated carbocycles. The number of hydrogen-bond donors (Lipinski definition) is 18. The van der Waals surface area contributed by atoms with E-state index in [2.05, 4.69) is 56.9 Å². The van der Waals surface area contributed by atoms with Gasteiger partial charge in [-0.3, -0.25) is 68.2 Å². The number of aliphatic carboxylic acids is 1. The molecule has 0 aliphatic carbocycles. The van der Waals surface area contributed by atoms with Crippen LogP contribution >= 0.6 is 0 Å². The van der Waals surface area contributed by atoms with E-state index in [-0.39, 0.29) is 152 Å². The number of guanidine groups is 5. The van der Waals surface area contributed by atoms with E-state index >= 15 is 0 Å². The quantitative estimate of drug-likeness (QED) is 0.0126. The molecule has 28 N–H and O–H groups in total. The number of imide groups is 1. The van der Waals surface area contributed by atoms with Crippen LogP contribution in [0.4, 0.5) is 0 Å². The second-order valence-electron chi connectivity index (χ2n) is 18.9. The van der Waals surface area contributed by atoms with Crippen molar-refractivity contribution in [3.63, 3.8) is 0 Å². The predicted octanol–water partition coefficient (Wildman–Crippen LogP) is -6.32. The van der Waals surface area contributed by atoms with E-state index in [9.17, 15) is 53.4 Å². The second kappa shape index (κ2) is 37.4. The number of carboxylic acid groups (broad SMARTS) is 1. The van der Waals surface area contributed by atoms with Crippen molar-refractivity contribution < 1.29 is 53.4 Å². The summed E-state index contributed by atoms with van der Waals surface area (Å²) in [6.45, 7) is 0.242. The topological polar surface area (TPSA) is 592 Å². The Hall–Kier alpha value is -9.46. The fourth-order valence-corrected chi connectivity index (χ4v) is 7.94. The smallest absolute Gasteiger partial charge is 0.326 e. The largest absolute Gasteiger partial charge is 0.508 e. The van der Waals surface area contributed by atoms with Gasteiger partial charge >= 0.3 is 5.97 Å². The Balaban J connectivity index is 2.50. The first-order valence-electron chi connectivity index (χ1n) is 26.5. The molecule has 0 radical (unpaired) electrons. The van der Waals surface area contributed by atoms with E-state index in [4.69, 9.17) is 57.3 Å². The summed E-state index contributed by atoms with van der Waals surface area (Å²) < 4.78 is 0. The van der Waals surface area contributed by atoms with Crippen molar-refractivity contribution in [2.45, 2.75) is 133 Å². The van der Waals surface area contributed by atoms with Gasteiger partial charge in [-0.25, -0.2) is 4.79 Å². The molecular formula is C49H82N22O11. The molecule has 1 aliphatic rings. The average Bonchev–Trinajstić information content (AvgIpc) is 3.77. The number of rotatable bonds is 40. The summed E-state index contributed by atoms with van der Waals surface area (Å²) in [6.07, 6.45) is 3.41. The first kappa shape index (κ1) is 68.6. The summed E-state index contributed by atoms with van der Waals surface area (Å²) in [4.78, 5) is 142. The lowest BCUT2D eigenvalue weighted by atomic mass is 10.0. The number of phenols is 1. The number of carboxylic acids is 1. The molecule has 0 unspecified atom stereocenters. The number of unbranched alkanes of at least 4 members (excludes halogenated alkanes) is 2. The van der Waals surface area contributed by atoms with Crippen LogP contribution in [0.2, 0.25) is 0 Å². The van der Waals surface area contributed by atoms with Gasteiger partial charge in [-0.05, 0) is 94.7 Å². The number of carbonyl (C=O) groups is 9. The van der Waals surface area contributed by atoms with Crippen LogP contribution in [-0.4, -0.2) is 174 Å². The van der Waals surface area contributed by atoms with Crippen LogP contribution in [0.25, 0.3) is 0 Å². The molecule has 1 aromatic carbocycles. The molecule has 2 rings (SSSR count). The lowest BCUT2D eigenvalue weighted by molar-refractivity contribution is -0.142. The first-order chi connectivity index (χ1) is 38.9. The molecule has 0 spiro atoms. The minimum absolute atomic E-state index is 0.00404. The summed E-state index contributed by atoms with van der Waals surface area (Å²) in [6, 6.07) is -2.85. The maximum atomic E-state index is 14.5. The Labute approximate surface area is 473 Å². The SMILES string of the molecule is NC(N)=NCCC[C@H](NC(=O)CCCCCN1C(=O)C=CC1=O)C(=O)N[C@@H](CCCN=C(N)N)C(=O)N[C@@H](CCCN=C(N)N)C(=O)N[C@@H](CCCN=C(N)N)C(=O)N[C@@H](CCCN=C(N)N)C(=O)N[C@@H](Cc1ccc(O)cc1)C(=O)O. The van der Waals surface area contributed by atoms with Gasteiger partial charge in [0.1, 0.15) is 42.0 Å². The Morgan fingerprint density at radius 3 is 1.04 bits per heavy atom. The monoisotopic (exact) mass is 1150 g/mol. The number of aliphatic imine (C=N–C) groups is 5. The number of nitrogens with zero attached hydrogens (tertiary/aromatic N) is 6. The van der Waals surface area contributed by atoms with Crippen molar-refractivity contribution in [3.05, 3.63) is 42.0 Å². The highest BCUT2D eigenvalue weighted by molar-refractivity contribution is 6.12. The highest BCUT2D eigenvalue weighted by atomic mass is 16.4. The highest BCUT2D eigenvalue weighted by Crippen LogP contribution is 2.14. The van der Waals surface area contributed by atoms with Crippen LogP contribution in [-0.2, 0) is 49.6 Å². The number of hydrogen-bond acceptors (Lipinski definition) is 15. The molecule has 1 heterocycles. The van der Waals surface area contributed by atoms with E-state index < -0.39 is 89.5 Å². The molecule has 1 aromatic rings. The molecule has 0 aromatic heterocycles. The number of nitrogens with two attached hydrogens (primary N) is 10. The van der Waals surface area contributed by atoms with Crippen LogP contribution in [0.5, 0.6) is 5.75 Å². The van der Waals surface area contributed by atoms with Crippen LogP contribution in [0.15, 0.2) is 61.4 Å². The Kier molecular flexibility index (Phi) is 31.3. The molecule has 454 valence electrons. The standard InChI is InChI=1S/C49H82N22O11/c50-45(51)60-21-4-9-30(65-36(73)14-2-1-3-26-71-37(74)19-20-38(71)75)39(76)66-31(10-5-22-61-46(52)53)40(77)67-32(11-6-23-62-47(54)55)41(78)68-33(12-7-24-63-48(56)57)42(79)69-34(13-8-25-64-49(58)59)43(80)70-35(44(81)82)27-28-15-17-29(72)18-16-28/h15-20,30-35,72H,1-14,21-27H2,(H,65,73)(H,66,76)(H,67,77)(H,68,78)(H,69,79)(H,70,80)(H,81,82)(H4,50,51,60)(H4,52,53,61)(H4,54,55,62)(H4,56,57,63)(H4,58,59,64)/t30-,31-,32-,33-,34-,35-/m0/s1. The molecule has 0 saturated heterocycles. The lowest BCUT2D eigenvalue weighted by Gasteiger charge is -2.27. The maximum absolute atomic E-state index is 14.5. The molecule has 6 atom stereocenters. The van der Waals surface area contributed by atoms with E-state index in [0.29, 0.717) is 24.8 Å². The minimum atomic E-state index is -1.50. The minimum Gasteiger partial charge on any atom is -0.508 e. The van der Waals surface area contributed by atoms with Gasteiger partial charge in [-0.1, -0.05) is 18.6 Å². The summed E-state index contributed by atoms with van der Waals surface area (Å²) in [5.74, 6) is -8.49. The van der Waals surface area contributed by atoms with Gasteiger partial charge in [0, 0.05) is 64.3 Å². The lowest BCUT2D eigenvalue weighted by Crippen LogP contribution is -2.59. The molecule has 33 nitrogen and oxygen atoms in total. The Morgan fingerprint density at radius 2 is 0.732 bits per heavy atom. The highest BCUT2D eigenvalue weighted by Gasteiger charge is 2.34. The normalized spacial score (nSPS) is 13.8. The van der Waals surface area contributed by atoms with Crippen molar-refractivity contribution in [1.29, 1.82) is 0 Å². The Morgan fingerprint density at radius 1 is 0.427 bits per heavy atom. The van der Waals surface area contributed by atoms with Gasteiger partial charge in [0.25, 0.3) is 11.8 Å². The van der Waals surface area contributed by atoms with Gasteiger partial charge in [0.05, 0.1) is 0 Å². The molecule has 82 heavy (non-hydrogen) atoms. The molecule has 8 amide bonds. The number of amides is 8. The van der Waals surface area contributed by atoms with E-state index in [1.54, 1.807) is 0 Å². The fraction of sp³-hybridized carbons (Fsp3) is 0.551. The summed E-state index contributed by atoms with van der Waals surface area (Å²) in [5, 5.41) is 35.5. The molecular weight excluding hydrogens is 1070 g/mol. The fourth-order valence-electron chi connectivity index (χ4n) is 7.94. The van der Waals surface area contributed by atoms with Gasteiger partial charge in [0.15, 0.2) is 29.8 Å². The Bertz CT molecular complexity index is 2470. The summed E-state index contributed by atoms with van der Waals surface area (Å²) in [5.41, 5.74) is 55.7. The van der Waals surface area contributed by atoms with E-state index in [1.807, 2.05) is 0 Å². The number of carbonyl (C=O) groups excluding carboxylic acids is 8. The average molecular weight is 1160 g/mol. The summed E-state index contributed by atoms with van der Waals surface area (Å²) >= 11 is 0. The van der Waals surface area contributed by atoms with Crippen LogP contribution in [0.1, 0.15) is 95.5 Å². The zero-order chi connectivity index (χ0) is 61.1. The van der Waals surface area contributed by atoms with Crippen molar-refractivity contribution >= 4 is 83.0 Å². The number of benzene rings is 1. The molecule has 0 fully saturated rings. The molecule has 33 heteroatoms. The van der Waals surface area contributed by atoms with Crippen molar-refractivity contribution in [2.24, 2.45) is 82.3 Å². The van der Waals surface area contributed by atoms with Gasteiger partial charge < -0.3 is 99.5 Å². The van der Waals surface area contributed by atoms with Gasteiger partial charge in [-0.15, -0.1) is 0 Å². The van der Waals surface area contributed by atoms with E-state index in [0.717, 1.165) is 4.90 Å². The number of aromatic hydroxyl groups is 1. The third-order valence-corrected chi connectivity index (χ3v) is 12.1. The van der Waals surface area contributed by atoms with Gasteiger partial charge in [0.2, 0.25) is 35.4 Å². The third kappa shape index (κ3) is 29.0. The summed E-state index contributed by atoms with van der Waals surface area (Å²) in [7, 11) is 0. The van der Waals surface area contributed by atoms with Crippen molar-refractivity contribution in [1.82, 2.24) is 36.8 Å². The maximum Gasteiger partial charge on any atom is 0.326 e. The zero-order valence-electron chi connectivity index (χ0n) is 45.8. The first-order valence-corrected chi connectivity index (χ1v) is 26.5. The van der Waals surface area contributed by atoms with E-state index in [1.165, 1.54) is 36.4 Å². The van der Waals surface area contributed by atoms with Crippen LogP contribution in [0.3, 0.4) is 0 Å². The van der Waals surface area contributed by atoms with Crippen LogP contribution in [0, 0.1) is 0 Å². The molecule has 1 aliphatic heterocycles. The van der Waals surface area contributed by atoms with Gasteiger partial charge in [-0.2, -0.15) is 0 Å². The second-order valence-corrected chi connectivity index (χ2v) is 18.9. The van der Waals surface area contributed by atoms with Crippen molar-refractivity contribution in [3.8, 4) is 5.75 Å². The third-order valence-electron chi connectivity index (χ3n) is 12.1. The van der Waals surface area contributed by atoms with Crippen LogP contribution < -0.4 is 89.2 Å². The molecule has 0 bridgehead atoms. The number of nitrogens with one attached hydrogen (secondary N) is 6. The van der Waals surface area contributed by atoms with Crippen molar-refractivity contribution in [2.75, 3.05) is 39.3 Å². The number of phenolic OH excluding ortho intramolecular Hbond substituents is 1. The zero-order valence-corrected chi connectivity index (χ0v) is 45.8.